The zero-order valence-electron chi connectivity index (χ0n) is 18.9. The Morgan fingerprint density at radius 1 is 1.03 bits per heavy atom. The van der Waals surface area contributed by atoms with E-state index in [9.17, 15) is 23.2 Å². The van der Waals surface area contributed by atoms with Gasteiger partial charge in [-0.05, 0) is 25.0 Å². The number of benzene rings is 1. The maximum atomic E-state index is 13.4. The Balaban J connectivity index is 1.89. The van der Waals surface area contributed by atoms with E-state index in [0.717, 1.165) is 44.2 Å². The molecule has 3 rings (SSSR count). The molecule has 0 atom stereocenters. The quantitative estimate of drug-likeness (QED) is 0.425. The fourth-order valence-electron chi connectivity index (χ4n) is 3.72. The first-order valence-electron chi connectivity index (χ1n) is 11.3. The zero-order chi connectivity index (χ0) is 24.0. The lowest BCUT2D eigenvalue weighted by Crippen LogP contribution is -2.31. The van der Waals surface area contributed by atoms with Crippen molar-refractivity contribution in [1.29, 1.82) is 0 Å². The molecule has 0 fully saturated rings. The Morgan fingerprint density at radius 3 is 2.45 bits per heavy atom. The number of aryl methyl sites for hydroxylation is 3. The number of imidazole rings is 1. The minimum absolute atomic E-state index is 0.0210. The first-order chi connectivity index (χ1) is 15.8. The molecular formula is C23H29F2N5O3. The van der Waals surface area contributed by atoms with Crippen LogP contribution in [0, 0.1) is 11.6 Å². The third-order valence-electron chi connectivity index (χ3n) is 5.46. The summed E-state index contributed by atoms with van der Waals surface area (Å²) in [6.45, 7) is 5.06. The van der Waals surface area contributed by atoms with Crippen molar-refractivity contribution in [2.24, 2.45) is 0 Å². The molecule has 33 heavy (non-hydrogen) atoms. The van der Waals surface area contributed by atoms with Crippen LogP contribution in [0.1, 0.15) is 58.2 Å². The van der Waals surface area contributed by atoms with Gasteiger partial charge in [0.15, 0.2) is 22.8 Å². The van der Waals surface area contributed by atoms with Crippen LogP contribution in [0.5, 0.6) is 0 Å². The van der Waals surface area contributed by atoms with E-state index in [1.54, 1.807) is 4.57 Å². The molecule has 0 saturated heterocycles. The third kappa shape index (κ3) is 5.74. The standard InChI is InChI=1S/C23H29F2N5O3/c1-3-5-7-13-29-18(10-11-19(31)26-15-8-9-16(24)17(25)14-15)27-21-20(29)22(32)28-23(33)30(21)12-6-4-2/h8-9,14H,3-7,10-13H2,1-2H3,(H,26,31)(H,28,32,33). The molecule has 0 aliphatic carbocycles. The molecule has 2 N–H and O–H groups in total. The van der Waals surface area contributed by atoms with Crippen molar-refractivity contribution in [3.63, 3.8) is 0 Å². The number of carbonyl (C=O) groups excluding carboxylic acids is 1. The molecule has 1 aromatic carbocycles. The monoisotopic (exact) mass is 461 g/mol. The van der Waals surface area contributed by atoms with Gasteiger partial charge in [0.25, 0.3) is 5.56 Å². The van der Waals surface area contributed by atoms with E-state index in [1.165, 1.54) is 10.6 Å². The SMILES string of the molecule is CCCCCn1c(CCC(=O)Nc2ccc(F)c(F)c2)nc2c1c(=O)[nH]c(=O)n2CCCC. The topological polar surface area (TPSA) is 102 Å². The molecule has 0 radical (unpaired) electrons. The fourth-order valence-corrected chi connectivity index (χ4v) is 3.72. The number of hydrogen-bond acceptors (Lipinski definition) is 4. The number of carbonyl (C=O) groups is 1. The Bertz CT molecular complexity index is 1250. The molecule has 0 saturated carbocycles. The molecule has 0 unspecified atom stereocenters. The number of aromatic nitrogens is 4. The summed E-state index contributed by atoms with van der Waals surface area (Å²) in [6, 6.07) is 3.14. The second kappa shape index (κ2) is 11.0. The highest BCUT2D eigenvalue weighted by Crippen LogP contribution is 2.17. The van der Waals surface area contributed by atoms with Gasteiger partial charge in [-0.1, -0.05) is 33.1 Å². The lowest BCUT2D eigenvalue weighted by molar-refractivity contribution is -0.116. The van der Waals surface area contributed by atoms with Crippen LogP contribution in [-0.2, 0) is 24.3 Å². The molecule has 3 aromatic rings. The molecule has 1 amide bonds. The normalized spacial score (nSPS) is 11.3. The van der Waals surface area contributed by atoms with E-state index in [0.29, 0.717) is 30.1 Å². The van der Waals surface area contributed by atoms with Crippen molar-refractivity contribution in [3.8, 4) is 0 Å². The highest BCUT2D eigenvalue weighted by atomic mass is 19.2. The maximum absolute atomic E-state index is 13.4. The van der Waals surface area contributed by atoms with Gasteiger partial charge in [-0.3, -0.25) is 19.1 Å². The maximum Gasteiger partial charge on any atom is 0.330 e. The molecule has 10 heteroatoms. The van der Waals surface area contributed by atoms with Crippen molar-refractivity contribution in [2.75, 3.05) is 5.32 Å². The van der Waals surface area contributed by atoms with Crippen LogP contribution in [-0.4, -0.2) is 25.0 Å². The molecule has 0 aliphatic heterocycles. The number of unbranched alkanes of at least 4 members (excludes halogenated alkanes) is 3. The number of hydrogen-bond donors (Lipinski definition) is 2. The van der Waals surface area contributed by atoms with Crippen LogP contribution < -0.4 is 16.6 Å². The number of fused-ring (bicyclic) bond motifs is 1. The van der Waals surface area contributed by atoms with Crippen LogP contribution in [0.15, 0.2) is 27.8 Å². The summed E-state index contributed by atoms with van der Waals surface area (Å²) in [5.74, 6) is -1.91. The molecule has 0 spiro atoms. The minimum atomic E-state index is -1.05. The number of rotatable bonds is 11. The smallest absolute Gasteiger partial charge is 0.326 e. The first-order valence-corrected chi connectivity index (χ1v) is 11.3. The van der Waals surface area contributed by atoms with Crippen LogP contribution in [0.4, 0.5) is 14.5 Å². The predicted octanol–water partition coefficient (Wildman–Crippen LogP) is 3.73. The summed E-state index contributed by atoms with van der Waals surface area (Å²) < 4.78 is 29.8. The lowest BCUT2D eigenvalue weighted by atomic mass is 10.2. The number of nitrogens with zero attached hydrogens (tertiary/aromatic N) is 3. The summed E-state index contributed by atoms with van der Waals surface area (Å²) >= 11 is 0. The summed E-state index contributed by atoms with van der Waals surface area (Å²) in [5, 5.41) is 2.54. The zero-order valence-corrected chi connectivity index (χ0v) is 18.9. The van der Waals surface area contributed by atoms with Gasteiger partial charge in [0.1, 0.15) is 5.82 Å². The summed E-state index contributed by atoms with van der Waals surface area (Å²) in [6.07, 6.45) is 4.66. The summed E-state index contributed by atoms with van der Waals surface area (Å²) in [5.41, 5.74) is -0.186. The largest absolute Gasteiger partial charge is 0.330 e. The molecule has 0 aliphatic rings. The fraction of sp³-hybridized carbons (Fsp3) is 0.478. The van der Waals surface area contributed by atoms with Crippen LogP contribution in [0.2, 0.25) is 0 Å². The van der Waals surface area contributed by atoms with Crippen molar-refractivity contribution >= 4 is 22.8 Å². The van der Waals surface area contributed by atoms with Gasteiger partial charge in [0.2, 0.25) is 5.91 Å². The van der Waals surface area contributed by atoms with Crippen LogP contribution in [0.3, 0.4) is 0 Å². The summed E-state index contributed by atoms with van der Waals surface area (Å²) in [7, 11) is 0. The van der Waals surface area contributed by atoms with Gasteiger partial charge >= 0.3 is 5.69 Å². The molecular weight excluding hydrogens is 432 g/mol. The Labute approximate surface area is 189 Å². The Morgan fingerprint density at radius 2 is 1.76 bits per heavy atom. The van der Waals surface area contributed by atoms with Gasteiger partial charge in [-0.25, -0.2) is 18.6 Å². The molecule has 8 nitrogen and oxygen atoms in total. The van der Waals surface area contributed by atoms with E-state index in [2.05, 4.69) is 22.2 Å². The highest BCUT2D eigenvalue weighted by Gasteiger charge is 2.19. The van der Waals surface area contributed by atoms with E-state index >= 15 is 0 Å². The Kier molecular flexibility index (Phi) is 8.13. The molecule has 0 bridgehead atoms. The van der Waals surface area contributed by atoms with Gasteiger partial charge < -0.3 is 9.88 Å². The van der Waals surface area contributed by atoms with Crippen molar-refractivity contribution < 1.29 is 13.6 Å². The van der Waals surface area contributed by atoms with Gasteiger partial charge in [-0.15, -0.1) is 0 Å². The Hall–Kier alpha value is -3.30. The number of H-pyrrole nitrogens is 1. The molecule has 2 heterocycles. The number of amides is 1. The average molecular weight is 462 g/mol. The van der Waals surface area contributed by atoms with E-state index in [-0.39, 0.29) is 18.5 Å². The molecule has 2 aromatic heterocycles. The number of anilines is 1. The molecule has 178 valence electrons. The number of halogens is 2. The van der Waals surface area contributed by atoms with E-state index < -0.39 is 28.8 Å². The summed E-state index contributed by atoms with van der Waals surface area (Å²) in [4.78, 5) is 44.4. The second-order valence-electron chi connectivity index (χ2n) is 8.00. The van der Waals surface area contributed by atoms with Crippen molar-refractivity contribution in [1.82, 2.24) is 19.1 Å². The average Bonchev–Trinajstić information content (AvgIpc) is 3.14. The van der Waals surface area contributed by atoms with Crippen molar-refractivity contribution in [2.45, 2.75) is 71.9 Å². The van der Waals surface area contributed by atoms with Gasteiger partial charge in [0, 0.05) is 37.7 Å². The number of nitrogens with one attached hydrogen (secondary N) is 2. The van der Waals surface area contributed by atoms with Crippen LogP contribution >= 0.6 is 0 Å². The van der Waals surface area contributed by atoms with E-state index in [1.807, 2.05) is 6.92 Å². The predicted molar refractivity (Wildman–Crippen MR) is 122 cm³/mol. The van der Waals surface area contributed by atoms with Crippen molar-refractivity contribution in [3.05, 3.63) is 56.5 Å². The highest BCUT2D eigenvalue weighted by molar-refractivity contribution is 5.90. The van der Waals surface area contributed by atoms with Crippen LogP contribution in [0.25, 0.3) is 11.2 Å². The number of aromatic amines is 1. The lowest BCUT2D eigenvalue weighted by Gasteiger charge is -2.09. The third-order valence-corrected chi connectivity index (χ3v) is 5.46. The second-order valence-corrected chi connectivity index (χ2v) is 8.00. The van der Waals surface area contributed by atoms with E-state index in [4.69, 9.17) is 0 Å². The van der Waals surface area contributed by atoms with Gasteiger partial charge in [-0.2, -0.15) is 0 Å². The first kappa shape index (κ1) is 24.3. The van der Waals surface area contributed by atoms with Gasteiger partial charge in [0.05, 0.1) is 0 Å². The minimum Gasteiger partial charge on any atom is -0.326 e.